The number of hydrogen-bond donors (Lipinski definition) is 1. The number of nitrogens with zero attached hydrogens (tertiary/aromatic N) is 2. The fraction of sp³-hybridized carbons (Fsp3) is 0.231. The number of rotatable bonds is 6. The summed E-state index contributed by atoms with van der Waals surface area (Å²) in [6, 6.07) is 4.78. The van der Waals surface area contributed by atoms with Gasteiger partial charge in [-0.2, -0.15) is 0 Å². The summed E-state index contributed by atoms with van der Waals surface area (Å²) in [6.45, 7) is 2.07. The molecule has 0 radical (unpaired) electrons. The minimum absolute atomic E-state index is 0.135. The number of thioether (sulfide) groups is 1. The van der Waals surface area contributed by atoms with Crippen molar-refractivity contribution in [2.45, 2.75) is 11.3 Å². The SMILES string of the molecule is CCOC(=O)CSc1nnc(NC(=O)c2cccc(Cl)c2Cl)s1. The summed E-state index contributed by atoms with van der Waals surface area (Å²) in [7, 11) is 0. The van der Waals surface area contributed by atoms with Crippen LogP contribution >= 0.6 is 46.3 Å². The molecule has 0 atom stereocenters. The monoisotopic (exact) mass is 391 g/mol. The molecule has 23 heavy (non-hydrogen) atoms. The second kappa shape index (κ2) is 8.49. The molecule has 122 valence electrons. The summed E-state index contributed by atoms with van der Waals surface area (Å²) in [6.07, 6.45) is 0. The van der Waals surface area contributed by atoms with Crippen LogP contribution in [0.2, 0.25) is 10.0 Å². The Labute approximate surface area is 150 Å². The van der Waals surface area contributed by atoms with Crippen LogP contribution in [0.25, 0.3) is 0 Å². The van der Waals surface area contributed by atoms with E-state index >= 15 is 0 Å². The summed E-state index contributed by atoms with van der Waals surface area (Å²) in [5.74, 6) is -0.629. The Hall–Kier alpha value is -1.35. The number of aromatic nitrogens is 2. The maximum absolute atomic E-state index is 12.2. The number of carbonyl (C=O) groups excluding carboxylic acids is 2. The molecule has 0 aliphatic rings. The average molecular weight is 392 g/mol. The summed E-state index contributed by atoms with van der Waals surface area (Å²) in [5.41, 5.74) is 0.245. The molecular weight excluding hydrogens is 381 g/mol. The maximum atomic E-state index is 12.2. The first-order valence-corrected chi connectivity index (χ1v) is 8.94. The van der Waals surface area contributed by atoms with Crippen LogP contribution in [0.1, 0.15) is 17.3 Å². The van der Waals surface area contributed by atoms with E-state index in [1.807, 2.05) is 0 Å². The molecule has 0 unspecified atom stereocenters. The van der Waals surface area contributed by atoms with E-state index in [0.717, 1.165) is 11.3 Å². The number of benzene rings is 1. The fourth-order valence-corrected chi connectivity index (χ4v) is 3.42. The van der Waals surface area contributed by atoms with Crippen molar-refractivity contribution in [2.24, 2.45) is 0 Å². The third-order valence-corrected chi connectivity index (χ3v) is 5.21. The highest BCUT2D eigenvalue weighted by molar-refractivity contribution is 8.01. The van der Waals surface area contributed by atoms with Crippen molar-refractivity contribution in [1.82, 2.24) is 10.2 Å². The standard InChI is InChI=1S/C13H11Cl2N3O3S2/c1-2-21-9(19)6-22-13-18-17-12(23-13)16-11(20)7-4-3-5-8(14)10(7)15/h3-5H,2,6H2,1H3,(H,16,17,20). The lowest BCUT2D eigenvalue weighted by Crippen LogP contribution is -2.12. The van der Waals surface area contributed by atoms with Crippen molar-refractivity contribution in [2.75, 3.05) is 17.7 Å². The third-order valence-electron chi connectivity index (χ3n) is 2.44. The van der Waals surface area contributed by atoms with Gasteiger partial charge in [-0.3, -0.25) is 14.9 Å². The molecule has 1 heterocycles. The first-order valence-electron chi connectivity index (χ1n) is 6.38. The van der Waals surface area contributed by atoms with Crippen LogP contribution < -0.4 is 5.32 Å². The molecule has 0 saturated heterocycles. The lowest BCUT2D eigenvalue weighted by Gasteiger charge is -2.04. The maximum Gasteiger partial charge on any atom is 0.316 e. The van der Waals surface area contributed by atoms with Crippen LogP contribution in [-0.2, 0) is 9.53 Å². The van der Waals surface area contributed by atoms with Crippen LogP contribution in [0.15, 0.2) is 22.5 Å². The van der Waals surface area contributed by atoms with Crippen molar-refractivity contribution in [1.29, 1.82) is 0 Å². The first-order chi connectivity index (χ1) is 11.0. The van der Waals surface area contributed by atoms with Crippen LogP contribution in [0.3, 0.4) is 0 Å². The molecule has 1 aromatic carbocycles. The second-order valence-electron chi connectivity index (χ2n) is 4.02. The van der Waals surface area contributed by atoms with E-state index in [-0.39, 0.29) is 22.3 Å². The van der Waals surface area contributed by atoms with Gasteiger partial charge in [-0.25, -0.2) is 0 Å². The van der Waals surface area contributed by atoms with Gasteiger partial charge in [0.25, 0.3) is 5.91 Å². The molecule has 0 spiro atoms. The Morgan fingerprint density at radius 3 is 2.87 bits per heavy atom. The van der Waals surface area contributed by atoms with Gasteiger partial charge in [-0.05, 0) is 19.1 Å². The van der Waals surface area contributed by atoms with Gasteiger partial charge < -0.3 is 4.74 Å². The summed E-state index contributed by atoms with van der Waals surface area (Å²) in [5, 5.41) is 11.1. The molecule has 2 aromatic rings. The Balaban J connectivity index is 1.97. The lowest BCUT2D eigenvalue weighted by atomic mass is 10.2. The topological polar surface area (TPSA) is 81.2 Å². The van der Waals surface area contributed by atoms with Gasteiger partial charge in [0.15, 0.2) is 4.34 Å². The zero-order chi connectivity index (χ0) is 16.8. The highest BCUT2D eigenvalue weighted by Gasteiger charge is 2.15. The van der Waals surface area contributed by atoms with Crippen LogP contribution in [-0.4, -0.2) is 34.4 Å². The van der Waals surface area contributed by atoms with E-state index in [2.05, 4.69) is 15.5 Å². The van der Waals surface area contributed by atoms with E-state index in [4.69, 9.17) is 27.9 Å². The number of hydrogen-bond acceptors (Lipinski definition) is 7. The van der Waals surface area contributed by atoms with E-state index in [0.29, 0.717) is 21.1 Å². The van der Waals surface area contributed by atoms with Crippen molar-refractivity contribution in [3.05, 3.63) is 33.8 Å². The molecule has 0 saturated carbocycles. The van der Waals surface area contributed by atoms with Crippen LogP contribution in [0, 0.1) is 0 Å². The van der Waals surface area contributed by atoms with Gasteiger partial charge >= 0.3 is 5.97 Å². The normalized spacial score (nSPS) is 10.4. The largest absolute Gasteiger partial charge is 0.465 e. The van der Waals surface area contributed by atoms with E-state index < -0.39 is 5.91 Å². The number of carbonyl (C=O) groups is 2. The van der Waals surface area contributed by atoms with Gasteiger partial charge in [0.05, 0.1) is 28.0 Å². The Morgan fingerprint density at radius 1 is 1.35 bits per heavy atom. The van der Waals surface area contributed by atoms with E-state index in [1.54, 1.807) is 25.1 Å². The molecule has 10 heteroatoms. The number of nitrogens with one attached hydrogen (secondary N) is 1. The molecule has 2 rings (SSSR count). The van der Waals surface area contributed by atoms with Gasteiger partial charge in [-0.1, -0.05) is 52.4 Å². The van der Waals surface area contributed by atoms with Gasteiger partial charge in [0, 0.05) is 0 Å². The number of amides is 1. The number of ether oxygens (including phenoxy) is 1. The molecule has 0 bridgehead atoms. The Bertz CT molecular complexity index is 724. The molecule has 1 N–H and O–H groups in total. The fourth-order valence-electron chi connectivity index (χ4n) is 1.49. The zero-order valence-electron chi connectivity index (χ0n) is 11.8. The van der Waals surface area contributed by atoms with Crippen molar-refractivity contribution in [3.8, 4) is 0 Å². The third kappa shape index (κ3) is 5.07. The quantitative estimate of drug-likeness (QED) is 0.458. The van der Waals surface area contributed by atoms with Crippen LogP contribution in [0.5, 0.6) is 0 Å². The molecular formula is C13H11Cl2N3O3S2. The molecule has 0 aliphatic heterocycles. The van der Waals surface area contributed by atoms with Gasteiger partial charge in [0.2, 0.25) is 5.13 Å². The smallest absolute Gasteiger partial charge is 0.316 e. The number of anilines is 1. The van der Waals surface area contributed by atoms with Crippen LogP contribution in [0.4, 0.5) is 5.13 Å². The zero-order valence-corrected chi connectivity index (χ0v) is 15.0. The Morgan fingerprint density at radius 2 is 2.13 bits per heavy atom. The lowest BCUT2D eigenvalue weighted by molar-refractivity contribution is -0.139. The number of halogens is 2. The predicted octanol–water partition coefficient (Wildman–Crippen LogP) is 3.75. The van der Waals surface area contributed by atoms with Gasteiger partial charge in [-0.15, -0.1) is 10.2 Å². The van der Waals surface area contributed by atoms with E-state index in [9.17, 15) is 9.59 Å². The highest BCUT2D eigenvalue weighted by Crippen LogP contribution is 2.28. The van der Waals surface area contributed by atoms with Crippen molar-refractivity contribution >= 4 is 63.3 Å². The Kier molecular flexibility index (Phi) is 6.64. The molecule has 0 fully saturated rings. The summed E-state index contributed by atoms with van der Waals surface area (Å²) < 4.78 is 5.36. The molecule has 0 aliphatic carbocycles. The minimum atomic E-state index is -0.435. The van der Waals surface area contributed by atoms with Crippen molar-refractivity contribution in [3.63, 3.8) is 0 Å². The minimum Gasteiger partial charge on any atom is -0.465 e. The number of esters is 1. The molecule has 1 amide bonds. The molecule has 1 aromatic heterocycles. The molecule has 6 nitrogen and oxygen atoms in total. The summed E-state index contributed by atoms with van der Waals surface area (Å²) >= 11 is 14.2. The van der Waals surface area contributed by atoms with E-state index in [1.165, 1.54) is 11.8 Å². The second-order valence-corrected chi connectivity index (χ2v) is 7.01. The van der Waals surface area contributed by atoms with Crippen molar-refractivity contribution < 1.29 is 14.3 Å². The first kappa shape index (κ1) is 18.0. The average Bonchev–Trinajstić information content (AvgIpc) is 2.95. The van der Waals surface area contributed by atoms with Gasteiger partial charge in [0.1, 0.15) is 0 Å². The predicted molar refractivity (Wildman–Crippen MR) is 91.7 cm³/mol. The summed E-state index contributed by atoms with van der Waals surface area (Å²) in [4.78, 5) is 23.4. The highest BCUT2D eigenvalue weighted by atomic mass is 35.5.